The van der Waals surface area contributed by atoms with Gasteiger partial charge in [0.05, 0.1) is 11.1 Å². The first kappa shape index (κ1) is 14.7. The number of carbonyl (C=O) groups is 1. The Balaban J connectivity index is 2.41. The van der Waals surface area contributed by atoms with E-state index in [9.17, 15) is 31.1 Å². The number of halogens is 6. The summed E-state index contributed by atoms with van der Waals surface area (Å²) in [6.07, 6.45) is -3.99. The van der Waals surface area contributed by atoms with Gasteiger partial charge in [-0.2, -0.15) is 13.2 Å². The van der Waals surface area contributed by atoms with E-state index < -0.39 is 46.8 Å². The van der Waals surface area contributed by atoms with Crippen LogP contribution in [0, 0.1) is 17.5 Å². The van der Waals surface area contributed by atoms with E-state index in [2.05, 4.69) is 4.74 Å². The van der Waals surface area contributed by atoms with Crippen LogP contribution in [0.2, 0.25) is 0 Å². The number of alkyl halides is 3. The number of benzene rings is 1. The van der Waals surface area contributed by atoms with Gasteiger partial charge >= 0.3 is 12.1 Å². The van der Waals surface area contributed by atoms with Gasteiger partial charge in [0.15, 0.2) is 17.5 Å². The average molecular weight is 298 g/mol. The van der Waals surface area contributed by atoms with Crippen LogP contribution in [0.5, 0.6) is 0 Å². The van der Waals surface area contributed by atoms with Crippen molar-refractivity contribution in [3.05, 3.63) is 34.6 Å². The van der Waals surface area contributed by atoms with Crippen molar-refractivity contribution < 1.29 is 35.9 Å². The molecule has 0 saturated heterocycles. The minimum atomic E-state index is -5.25. The molecule has 1 aliphatic rings. The van der Waals surface area contributed by atoms with Gasteiger partial charge in [-0.15, -0.1) is 0 Å². The molecule has 0 unspecified atom stereocenters. The van der Waals surface area contributed by atoms with Crippen LogP contribution >= 0.6 is 0 Å². The van der Waals surface area contributed by atoms with E-state index >= 15 is 0 Å². The predicted octanol–water partition coefficient (Wildman–Crippen LogP) is 3.83. The van der Waals surface area contributed by atoms with Crippen LogP contribution in [-0.2, 0) is 10.9 Å². The molecule has 0 bridgehead atoms. The van der Waals surface area contributed by atoms with Crippen LogP contribution in [0.4, 0.5) is 26.3 Å². The summed E-state index contributed by atoms with van der Waals surface area (Å²) < 4.78 is 81.6. The third kappa shape index (κ3) is 2.59. The maximum atomic E-state index is 13.4. The summed E-state index contributed by atoms with van der Waals surface area (Å²) in [5, 5.41) is 0. The summed E-state index contributed by atoms with van der Waals surface area (Å²) in [5.74, 6) is -8.15. The molecule has 1 aliphatic carbocycles. The fourth-order valence-electron chi connectivity index (χ4n) is 1.66. The lowest BCUT2D eigenvalue weighted by molar-refractivity contribution is -0.140. The summed E-state index contributed by atoms with van der Waals surface area (Å²) in [6, 6.07) is -0.0747. The molecule has 20 heavy (non-hydrogen) atoms. The van der Waals surface area contributed by atoms with E-state index in [-0.39, 0.29) is 6.07 Å². The third-order valence-electron chi connectivity index (χ3n) is 3.00. The SMILES string of the molecule is O=C(OC1CCC1)c1cc(C(F)(F)F)c(F)c(F)c1F. The molecular weight excluding hydrogens is 290 g/mol. The number of carbonyl (C=O) groups excluding carboxylic acids is 1. The zero-order chi connectivity index (χ0) is 15.1. The van der Waals surface area contributed by atoms with Crippen molar-refractivity contribution in [2.45, 2.75) is 31.5 Å². The van der Waals surface area contributed by atoms with Crippen LogP contribution < -0.4 is 0 Å². The van der Waals surface area contributed by atoms with Gasteiger partial charge in [0, 0.05) is 0 Å². The number of hydrogen-bond donors (Lipinski definition) is 0. The molecule has 110 valence electrons. The van der Waals surface area contributed by atoms with Crippen molar-refractivity contribution in [1.82, 2.24) is 0 Å². The minimum absolute atomic E-state index is 0.0747. The number of hydrogen-bond acceptors (Lipinski definition) is 2. The highest BCUT2D eigenvalue weighted by Crippen LogP contribution is 2.35. The Kier molecular flexibility index (Phi) is 3.66. The molecule has 2 nitrogen and oxygen atoms in total. The van der Waals surface area contributed by atoms with Crippen molar-refractivity contribution in [2.24, 2.45) is 0 Å². The Hall–Kier alpha value is -1.73. The topological polar surface area (TPSA) is 26.3 Å². The molecule has 0 heterocycles. The van der Waals surface area contributed by atoms with Crippen LogP contribution in [0.1, 0.15) is 35.2 Å². The highest BCUT2D eigenvalue weighted by molar-refractivity contribution is 5.90. The summed E-state index contributed by atoms with van der Waals surface area (Å²) >= 11 is 0. The Morgan fingerprint density at radius 1 is 1.10 bits per heavy atom. The molecule has 1 fully saturated rings. The molecule has 0 aromatic heterocycles. The van der Waals surface area contributed by atoms with Gasteiger partial charge in [-0.25, -0.2) is 18.0 Å². The second kappa shape index (κ2) is 4.99. The lowest BCUT2D eigenvalue weighted by Gasteiger charge is -2.25. The summed E-state index contributed by atoms with van der Waals surface area (Å²) in [5.41, 5.74) is -3.31. The first-order valence-electron chi connectivity index (χ1n) is 5.67. The second-order valence-electron chi connectivity index (χ2n) is 4.37. The molecule has 0 spiro atoms. The van der Waals surface area contributed by atoms with Gasteiger partial charge in [-0.05, 0) is 25.3 Å². The summed E-state index contributed by atoms with van der Waals surface area (Å²) in [6.45, 7) is 0. The minimum Gasteiger partial charge on any atom is -0.459 e. The van der Waals surface area contributed by atoms with Crippen molar-refractivity contribution >= 4 is 5.97 Å². The third-order valence-corrected chi connectivity index (χ3v) is 3.00. The Bertz CT molecular complexity index is 548. The van der Waals surface area contributed by atoms with Gasteiger partial charge in [0.25, 0.3) is 0 Å². The maximum absolute atomic E-state index is 13.4. The van der Waals surface area contributed by atoms with Crippen LogP contribution in [0.15, 0.2) is 6.07 Å². The van der Waals surface area contributed by atoms with E-state index in [1.54, 1.807) is 0 Å². The van der Waals surface area contributed by atoms with E-state index in [1.807, 2.05) is 0 Å². The van der Waals surface area contributed by atoms with Crippen LogP contribution in [0.25, 0.3) is 0 Å². The normalized spacial score (nSPS) is 15.9. The summed E-state index contributed by atoms with van der Waals surface area (Å²) in [4.78, 5) is 11.5. The van der Waals surface area contributed by atoms with E-state index in [0.29, 0.717) is 12.8 Å². The van der Waals surface area contributed by atoms with E-state index in [1.165, 1.54) is 0 Å². The fraction of sp³-hybridized carbons (Fsp3) is 0.417. The maximum Gasteiger partial charge on any atom is 0.419 e. The Labute approximate surface area is 109 Å². The average Bonchev–Trinajstić information content (AvgIpc) is 2.29. The molecule has 0 N–H and O–H groups in total. The van der Waals surface area contributed by atoms with Gasteiger partial charge in [0.1, 0.15) is 6.10 Å². The molecular formula is C12H8F6O2. The zero-order valence-electron chi connectivity index (χ0n) is 9.86. The quantitative estimate of drug-likeness (QED) is 0.471. The number of ether oxygens (including phenoxy) is 1. The highest BCUT2D eigenvalue weighted by atomic mass is 19.4. The molecule has 0 aliphatic heterocycles. The van der Waals surface area contributed by atoms with Crippen molar-refractivity contribution in [3.63, 3.8) is 0 Å². The van der Waals surface area contributed by atoms with Gasteiger partial charge in [-0.3, -0.25) is 0 Å². The smallest absolute Gasteiger partial charge is 0.419 e. The van der Waals surface area contributed by atoms with Crippen molar-refractivity contribution in [2.75, 3.05) is 0 Å². The Morgan fingerprint density at radius 3 is 2.15 bits per heavy atom. The predicted molar refractivity (Wildman–Crippen MR) is 54.4 cm³/mol. The van der Waals surface area contributed by atoms with E-state index in [0.717, 1.165) is 6.42 Å². The molecule has 0 amide bonds. The largest absolute Gasteiger partial charge is 0.459 e. The molecule has 1 aromatic carbocycles. The molecule has 0 radical (unpaired) electrons. The highest BCUT2D eigenvalue weighted by Gasteiger charge is 2.39. The summed E-state index contributed by atoms with van der Waals surface area (Å²) in [7, 11) is 0. The molecule has 1 aromatic rings. The monoisotopic (exact) mass is 298 g/mol. The molecule has 2 rings (SSSR count). The van der Waals surface area contributed by atoms with E-state index in [4.69, 9.17) is 0 Å². The van der Waals surface area contributed by atoms with Gasteiger partial charge < -0.3 is 4.74 Å². The van der Waals surface area contributed by atoms with Crippen molar-refractivity contribution in [1.29, 1.82) is 0 Å². The zero-order valence-corrected chi connectivity index (χ0v) is 9.86. The standard InChI is InChI=1S/C12H8F6O2/c13-8-6(11(19)20-5-2-1-3-5)4-7(12(16,17)18)9(14)10(8)15/h4-5H,1-3H2. The van der Waals surface area contributed by atoms with Crippen LogP contribution in [-0.4, -0.2) is 12.1 Å². The van der Waals surface area contributed by atoms with Gasteiger partial charge in [0.2, 0.25) is 0 Å². The number of esters is 1. The molecule has 1 saturated carbocycles. The Morgan fingerprint density at radius 2 is 1.70 bits per heavy atom. The molecule has 8 heteroatoms. The molecule has 0 atom stereocenters. The first-order chi connectivity index (χ1) is 9.21. The lowest BCUT2D eigenvalue weighted by Crippen LogP contribution is -2.26. The fourth-order valence-corrected chi connectivity index (χ4v) is 1.66. The second-order valence-corrected chi connectivity index (χ2v) is 4.37. The first-order valence-corrected chi connectivity index (χ1v) is 5.67. The van der Waals surface area contributed by atoms with Crippen LogP contribution in [0.3, 0.4) is 0 Å². The lowest BCUT2D eigenvalue weighted by atomic mass is 9.96. The number of rotatable bonds is 2. The van der Waals surface area contributed by atoms with Gasteiger partial charge in [-0.1, -0.05) is 0 Å². The van der Waals surface area contributed by atoms with Crippen molar-refractivity contribution in [3.8, 4) is 0 Å².